The number of carboxylic acids is 1. The van der Waals surface area contributed by atoms with E-state index in [0.29, 0.717) is 39.2 Å². The fourth-order valence-corrected chi connectivity index (χ4v) is 3.44. The number of carbonyl (C=O) groups is 1. The van der Waals surface area contributed by atoms with Crippen molar-refractivity contribution in [2.45, 2.75) is 13.8 Å². The summed E-state index contributed by atoms with van der Waals surface area (Å²) < 4.78 is 27.8. The van der Waals surface area contributed by atoms with Crippen molar-refractivity contribution in [1.82, 2.24) is 9.97 Å². The lowest BCUT2D eigenvalue weighted by atomic mass is 9.96. The maximum Gasteiger partial charge on any atom is 0.336 e. The van der Waals surface area contributed by atoms with Gasteiger partial charge in [0, 0.05) is 22.2 Å². The maximum atomic E-state index is 14.2. The first kappa shape index (κ1) is 18.7. The molecular formula is C23H16F2N2O2. The van der Waals surface area contributed by atoms with Crippen molar-refractivity contribution in [1.29, 1.82) is 0 Å². The van der Waals surface area contributed by atoms with E-state index < -0.39 is 17.7 Å². The van der Waals surface area contributed by atoms with Gasteiger partial charge >= 0.3 is 5.97 Å². The molecule has 0 spiro atoms. The molecule has 0 unspecified atom stereocenters. The molecule has 0 atom stereocenters. The van der Waals surface area contributed by atoms with E-state index in [4.69, 9.17) is 0 Å². The van der Waals surface area contributed by atoms with Crippen molar-refractivity contribution in [2.24, 2.45) is 0 Å². The summed E-state index contributed by atoms with van der Waals surface area (Å²) in [5.74, 6) is -2.22. The van der Waals surface area contributed by atoms with E-state index in [9.17, 15) is 18.7 Å². The van der Waals surface area contributed by atoms with E-state index in [1.807, 2.05) is 0 Å². The first-order valence-electron chi connectivity index (χ1n) is 8.92. The molecule has 4 rings (SSSR count). The zero-order chi connectivity index (χ0) is 20.7. The van der Waals surface area contributed by atoms with E-state index in [1.165, 1.54) is 18.2 Å². The standard InChI is InChI=1S/C23H16F2N2O2/c1-12-3-9-17(22(25)26-12)14-4-6-15(7-5-14)21-13(2)20(23(28)29)18-11-16(24)8-10-19(18)27-21/h3-11H,1-2H3,(H,28,29). The van der Waals surface area contributed by atoms with Crippen molar-refractivity contribution in [3.05, 3.63) is 83.2 Å². The Bertz CT molecular complexity index is 1270. The average molecular weight is 390 g/mol. The first-order valence-corrected chi connectivity index (χ1v) is 8.92. The van der Waals surface area contributed by atoms with Crippen LogP contribution in [0.25, 0.3) is 33.3 Å². The molecule has 2 heterocycles. The molecule has 0 amide bonds. The summed E-state index contributed by atoms with van der Waals surface area (Å²) in [6.07, 6.45) is 0. The van der Waals surface area contributed by atoms with Crippen LogP contribution in [0.15, 0.2) is 54.6 Å². The molecule has 0 saturated heterocycles. The molecule has 4 nitrogen and oxygen atoms in total. The Balaban J connectivity index is 1.85. The van der Waals surface area contributed by atoms with Crippen LogP contribution in [-0.4, -0.2) is 21.0 Å². The van der Waals surface area contributed by atoms with Crippen LogP contribution in [0.2, 0.25) is 0 Å². The van der Waals surface area contributed by atoms with Crippen LogP contribution in [0, 0.1) is 25.6 Å². The van der Waals surface area contributed by atoms with Gasteiger partial charge in [0.1, 0.15) is 5.82 Å². The lowest BCUT2D eigenvalue weighted by Gasteiger charge is -2.13. The minimum absolute atomic E-state index is 0.0161. The highest BCUT2D eigenvalue weighted by molar-refractivity contribution is 6.05. The molecule has 0 aliphatic carbocycles. The Hall–Kier alpha value is -3.67. The van der Waals surface area contributed by atoms with Crippen LogP contribution >= 0.6 is 0 Å². The summed E-state index contributed by atoms with van der Waals surface area (Å²) in [4.78, 5) is 20.2. The highest BCUT2D eigenvalue weighted by Crippen LogP contribution is 2.32. The molecule has 0 aliphatic rings. The molecule has 0 fully saturated rings. The molecule has 0 aliphatic heterocycles. The smallest absolute Gasteiger partial charge is 0.336 e. The van der Waals surface area contributed by atoms with Crippen LogP contribution in [0.5, 0.6) is 0 Å². The third kappa shape index (κ3) is 3.33. The topological polar surface area (TPSA) is 63.1 Å². The Kier molecular flexibility index (Phi) is 4.54. The minimum Gasteiger partial charge on any atom is -0.478 e. The molecule has 2 aromatic carbocycles. The number of fused-ring (bicyclic) bond motifs is 1. The summed E-state index contributed by atoms with van der Waals surface area (Å²) in [5, 5.41) is 9.93. The quantitative estimate of drug-likeness (QED) is 0.466. The SMILES string of the molecule is Cc1ccc(-c2ccc(-c3nc4ccc(F)cc4c(C(=O)O)c3C)cc2)c(F)n1. The van der Waals surface area contributed by atoms with E-state index in [2.05, 4.69) is 9.97 Å². The number of benzene rings is 2. The first-order chi connectivity index (χ1) is 13.8. The second kappa shape index (κ2) is 7.05. The molecule has 144 valence electrons. The predicted molar refractivity (Wildman–Crippen MR) is 107 cm³/mol. The Morgan fingerprint density at radius 1 is 0.897 bits per heavy atom. The van der Waals surface area contributed by atoms with Crippen LogP contribution in [0.4, 0.5) is 8.78 Å². The highest BCUT2D eigenvalue weighted by atomic mass is 19.1. The van der Waals surface area contributed by atoms with E-state index >= 15 is 0 Å². The van der Waals surface area contributed by atoms with Gasteiger partial charge in [-0.1, -0.05) is 24.3 Å². The number of hydrogen-bond acceptors (Lipinski definition) is 3. The molecule has 0 saturated carbocycles. The lowest BCUT2D eigenvalue weighted by Crippen LogP contribution is -2.05. The van der Waals surface area contributed by atoms with Gasteiger partial charge in [0.2, 0.25) is 5.95 Å². The molecule has 4 aromatic rings. The van der Waals surface area contributed by atoms with Crippen molar-refractivity contribution in [3.63, 3.8) is 0 Å². The predicted octanol–water partition coefficient (Wildman–Crippen LogP) is 5.56. The van der Waals surface area contributed by atoms with Crippen molar-refractivity contribution >= 4 is 16.9 Å². The van der Waals surface area contributed by atoms with Gasteiger partial charge in [-0.05, 0) is 55.3 Å². The number of aromatic nitrogens is 2. The number of halogens is 2. The molecular weight excluding hydrogens is 374 g/mol. The van der Waals surface area contributed by atoms with Crippen LogP contribution < -0.4 is 0 Å². The number of carboxylic acid groups (broad SMARTS) is 1. The second-order valence-electron chi connectivity index (χ2n) is 6.80. The molecule has 29 heavy (non-hydrogen) atoms. The summed E-state index contributed by atoms with van der Waals surface area (Å²) in [7, 11) is 0. The van der Waals surface area contributed by atoms with Crippen molar-refractivity contribution in [3.8, 4) is 22.4 Å². The van der Waals surface area contributed by atoms with E-state index in [-0.39, 0.29) is 10.9 Å². The summed E-state index contributed by atoms with van der Waals surface area (Å²) in [6, 6.07) is 14.3. The van der Waals surface area contributed by atoms with Gasteiger partial charge in [-0.3, -0.25) is 0 Å². The molecule has 6 heteroatoms. The van der Waals surface area contributed by atoms with Crippen molar-refractivity contribution in [2.75, 3.05) is 0 Å². The van der Waals surface area contributed by atoms with Crippen LogP contribution in [-0.2, 0) is 0 Å². The number of aryl methyl sites for hydroxylation is 1. The summed E-state index contributed by atoms with van der Waals surface area (Å²) in [5.41, 5.74) is 3.63. The third-order valence-electron chi connectivity index (χ3n) is 4.86. The molecule has 0 bridgehead atoms. The molecule has 2 aromatic heterocycles. The van der Waals surface area contributed by atoms with Gasteiger partial charge < -0.3 is 5.11 Å². The van der Waals surface area contributed by atoms with Gasteiger partial charge in [-0.15, -0.1) is 0 Å². The monoisotopic (exact) mass is 390 g/mol. The fraction of sp³-hybridized carbons (Fsp3) is 0.0870. The number of rotatable bonds is 3. The second-order valence-corrected chi connectivity index (χ2v) is 6.80. The minimum atomic E-state index is -1.15. The van der Waals surface area contributed by atoms with Gasteiger partial charge in [0.15, 0.2) is 0 Å². The van der Waals surface area contributed by atoms with Gasteiger partial charge in [-0.25, -0.2) is 19.2 Å². The number of pyridine rings is 2. The third-order valence-corrected chi connectivity index (χ3v) is 4.86. The lowest BCUT2D eigenvalue weighted by molar-refractivity contribution is 0.0698. The Morgan fingerprint density at radius 3 is 2.24 bits per heavy atom. The zero-order valence-electron chi connectivity index (χ0n) is 15.7. The number of hydrogen-bond donors (Lipinski definition) is 1. The zero-order valence-corrected chi connectivity index (χ0v) is 15.7. The van der Waals surface area contributed by atoms with Crippen molar-refractivity contribution < 1.29 is 18.7 Å². The number of aromatic carboxylic acids is 1. The number of nitrogens with zero attached hydrogens (tertiary/aromatic N) is 2. The largest absolute Gasteiger partial charge is 0.478 e. The molecule has 1 N–H and O–H groups in total. The van der Waals surface area contributed by atoms with E-state index in [0.717, 1.165) is 0 Å². The average Bonchev–Trinajstić information content (AvgIpc) is 2.67. The van der Waals surface area contributed by atoms with Gasteiger partial charge in [-0.2, -0.15) is 4.39 Å². The normalized spacial score (nSPS) is 11.0. The Morgan fingerprint density at radius 2 is 1.59 bits per heavy atom. The highest BCUT2D eigenvalue weighted by Gasteiger charge is 2.19. The molecule has 0 radical (unpaired) electrons. The van der Waals surface area contributed by atoms with Crippen LogP contribution in [0.3, 0.4) is 0 Å². The Labute approximate surface area is 165 Å². The fourth-order valence-electron chi connectivity index (χ4n) is 3.44. The maximum absolute atomic E-state index is 14.2. The van der Waals surface area contributed by atoms with Crippen LogP contribution in [0.1, 0.15) is 21.6 Å². The van der Waals surface area contributed by atoms with Gasteiger partial charge in [0.25, 0.3) is 0 Å². The van der Waals surface area contributed by atoms with Gasteiger partial charge in [0.05, 0.1) is 16.8 Å². The summed E-state index contributed by atoms with van der Waals surface area (Å²) in [6.45, 7) is 3.36. The summed E-state index contributed by atoms with van der Waals surface area (Å²) >= 11 is 0. The van der Waals surface area contributed by atoms with E-state index in [1.54, 1.807) is 50.2 Å².